The van der Waals surface area contributed by atoms with Gasteiger partial charge in [0.15, 0.2) is 0 Å². The fraction of sp³-hybridized carbons (Fsp3) is 0.833. The molecule has 0 spiro atoms. The van der Waals surface area contributed by atoms with Crippen LogP contribution >= 0.6 is 0 Å². The fourth-order valence-corrected chi connectivity index (χ4v) is 1.75. The first-order valence-corrected chi connectivity index (χ1v) is 6.11. The van der Waals surface area contributed by atoms with Crippen molar-refractivity contribution in [3.63, 3.8) is 0 Å². The third-order valence-electron chi connectivity index (χ3n) is 3.02. The van der Waals surface area contributed by atoms with Crippen LogP contribution in [0.2, 0.25) is 0 Å². The molecule has 0 aliphatic rings. The maximum absolute atomic E-state index is 11.9. The van der Waals surface area contributed by atoms with E-state index in [1.807, 2.05) is 13.8 Å². The van der Waals surface area contributed by atoms with Gasteiger partial charge in [0.2, 0.25) is 0 Å². The number of nitrogens with one attached hydrogen (secondary N) is 1. The first kappa shape index (κ1) is 15.7. The molecule has 0 aliphatic heterocycles. The molecule has 0 aromatic heterocycles. The number of urea groups is 1. The van der Waals surface area contributed by atoms with E-state index in [9.17, 15) is 9.59 Å². The normalized spacial score (nSPS) is 12.6. The predicted molar refractivity (Wildman–Crippen MR) is 66.9 cm³/mol. The molecule has 0 saturated carbocycles. The molecular formula is C12H24N2O3. The summed E-state index contributed by atoms with van der Waals surface area (Å²) < 4.78 is 0. The van der Waals surface area contributed by atoms with Crippen molar-refractivity contribution in [3.8, 4) is 0 Å². The van der Waals surface area contributed by atoms with Crippen molar-refractivity contribution in [2.45, 2.75) is 52.6 Å². The summed E-state index contributed by atoms with van der Waals surface area (Å²) in [6.45, 7) is 7.57. The minimum Gasteiger partial charge on any atom is -0.480 e. The van der Waals surface area contributed by atoms with Crippen molar-refractivity contribution in [3.05, 3.63) is 0 Å². The van der Waals surface area contributed by atoms with Gasteiger partial charge in [0.1, 0.15) is 6.04 Å². The molecule has 0 saturated heterocycles. The van der Waals surface area contributed by atoms with E-state index in [0.29, 0.717) is 0 Å². The highest BCUT2D eigenvalue weighted by atomic mass is 16.4. The SMILES string of the molecule is CCC(CC)N(C)C(=O)N[C@H](C(=O)O)C(C)C. The minimum absolute atomic E-state index is 0.133. The summed E-state index contributed by atoms with van der Waals surface area (Å²) >= 11 is 0. The molecule has 5 nitrogen and oxygen atoms in total. The van der Waals surface area contributed by atoms with Crippen LogP contribution in [0.1, 0.15) is 40.5 Å². The monoisotopic (exact) mass is 244 g/mol. The van der Waals surface area contributed by atoms with E-state index < -0.39 is 12.0 Å². The van der Waals surface area contributed by atoms with Gasteiger partial charge in [-0.2, -0.15) is 0 Å². The Kier molecular flexibility index (Phi) is 6.61. The van der Waals surface area contributed by atoms with Crippen LogP contribution in [-0.2, 0) is 4.79 Å². The Labute approximate surface area is 103 Å². The van der Waals surface area contributed by atoms with Crippen LogP contribution < -0.4 is 5.32 Å². The molecule has 0 bridgehead atoms. The molecule has 100 valence electrons. The molecule has 0 aromatic rings. The van der Waals surface area contributed by atoms with E-state index in [-0.39, 0.29) is 18.0 Å². The lowest BCUT2D eigenvalue weighted by Crippen LogP contribution is -2.51. The number of nitrogens with zero attached hydrogens (tertiary/aromatic N) is 1. The van der Waals surface area contributed by atoms with Crippen molar-refractivity contribution in [1.82, 2.24) is 10.2 Å². The van der Waals surface area contributed by atoms with E-state index in [0.717, 1.165) is 12.8 Å². The molecule has 0 fully saturated rings. The zero-order valence-corrected chi connectivity index (χ0v) is 11.4. The van der Waals surface area contributed by atoms with Crippen molar-refractivity contribution >= 4 is 12.0 Å². The maximum atomic E-state index is 11.9. The lowest BCUT2D eigenvalue weighted by molar-refractivity contribution is -0.140. The summed E-state index contributed by atoms with van der Waals surface area (Å²) in [5.74, 6) is -1.13. The Bertz CT molecular complexity index is 262. The summed E-state index contributed by atoms with van der Waals surface area (Å²) in [5.41, 5.74) is 0. The van der Waals surface area contributed by atoms with Gasteiger partial charge >= 0.3 is 12.0 Å². The lowest BCUT2D eigenvalue weighted by Gasteiger charge is -2.28. The molecule has 2 amide bonds. The Hall–Kier alpha value is -1.26. The molecular weight excluding hydrogens is 220 g/mol. The molecule has 1 atom stereocenters. The molecule has 0 unspecified atom stereocenters. The number of hydrogen-bond acceptors (Lipinski definition) is 2. The highest BCUT2D eigenvalue weighted by Crippen LogP contribution is 2.08. The lowest BCUT2D eigenvalue weighted by atomic mass is 10.1. The summed E-state index contributed by atoms with van der Waals surface area (Å²) in [6.07, 6.45) is 1.72. The van der Waals surface area contributed by atoms with Crippen molar-refractivity contribution < 1.29 is 14.7 Å². The Balaban J connectivity index is 4.55. The van der Waals surface area contributed by atoms with Gasteiger partial charge in [-0.1, -0.05) is 27.7 Å². The van der Waals surface area contributed by atoms with Crippen LogP contribution in [0.5, 0.6) is 0 Å². The van der Waals surface area contributed by atoms with Gasteiger partial charge in [-0.3, -0.25) is 0 Å². The number of carbonyl (C=O) groups excluding carboxylic acids is 1. The number of rotatable bonds is 6. The van der Waals surface area contributed by atoms with Crippen LogP contribution in [-0.4, -0.2) is 41.1 Å². The average molecular weight is 244 g/mol. The Morgan fingerprint density at radius 2 is 1.71 bits per heavy atom. The van der Waals surface area contributed by atoms with E-state index >= 15 is 0 Å². The van der Waals surface area contributed by atoms with Crippen molar-refractivity contribution in [2.75, 3.05) is 7.05 Å². The maximum Gasteiger partial charge on any atom is 0.326 e. The number of carboxylic acid groups (broad SMARTS) is 1. The number of carboxylic acids is 1. The van der Waals surface area contributed by atoms with Crippen molar-refractivity contribution in [2.24, 2.45) is 5.92 Å². The first-order valence-electron chi connectivity index (χ1n) is 6.11. The summed E-state index contributed by atoms with van der Waals surface area (Å²) in [6, 6.07) is -1.00. The molecule has 0 aromatic carbocycles. The standard InChI is InChI=1S/C12H24N2O3/c1-6-9(7-2)14(5)12(17)13-10(8(3)4)11(15)16/h8-10H,6-7H2,1-5H3,(H,13,17)(H,15,16)/t10-/m0/s1. The summed E-state index contributed by atoms with van der Waals surface area (Å²) in [4.78, 5) is 24.4. The minimum atomic E-state index is -0.994. The molecule has 0 heterocycles. The van der Waals surface area contributed by atoms with Gasteiger partial charge in [-0.15, -0.1) is 0 Å². The van der Waals surface area contributed by atoms with Gasteiger partial charge in [0.25, 0.3) is 0 Å². The van der Waals surface area contributed by atoms with Crippen LogP contribution in [0.4, 0.5) is 4.79 Å². The van der Waals surface area contributed by atoms with Crippen molar-refractivity contribution in [1.29, 1.82) is 0 Å². The van der Waals surface area contributed by atoms with Gasteiger partial charge < -0.3 is 15.3 Å². The van der Waals surface area contributed by atoms with Gasteiger partial charge in [0.05, 0.1) is 0 Å². The van der Waals surface area contributed by atoms with Crippen LogP contribution in [0.3, 0.4) is 0 Å². The Morgan fingerprint density at radius 3 is 2.00 bits per heavy atom. The largest absolute Gasteiger partial charge is 0.480 e. The molecule has 5 heteroatoms. The zero-order valence-electron chi connectivity index (χ0n) is 11.4. The number of amides is 2. The molecule has 17 heavy (non-hydrogen) atoms. The van der Waals surface area contributed by atoms with E-state index in [1.54, 1.807) is 25.8 Å². The van der Waals surface area contributed by atoms with Crippen LogP contribution in [0.15, 0.2) is 0 Å². The molecule has 2 N–H and O–H groups in total. The van der Waals surface area contributed by atoms with Gasteiger partial charge in [-0.25, -0.2) is 9.59 Å². The average Bonchev–Trinajstić information content (AvgIpc) is 2.25. The van der Waals surface area contributed by atoms with E-state index in [2.05, 4.69) is 5.32 Å². The molecule has 0 rings (SSSR count). The van der Waals surface area contributed by atoms with E-state index in [1.165, 1.54) is 0 Å². The number of carbonyl (C=O) groups is 2. The third kappa shape index (κ3) is 4.63. The number of aliphatic carboxylic acids is 1. The number of hydrogen-bond donors (Lipinski definition) is 2. The third-order valence-corrected chi connectivity index (χ3v) is 3.02. The second-order valence-corrected chi connectivity index (χ2v) is 4.59. The van der Waals surface area contributed by atoms with E-state index in [4.69, 9.17) is 5.11 Å². The quantitative estimate of drug-likeness (QED) is 0.750. The Morgan fingerprint density at radius 1 is 1.24 bits per heavy atom. The van der Waals surface area contributed by atoms with Crippen LogP contribution in [0.25, 0.3) is 0 Å². The van der Waals surface area contributed by atoms with Gasteiger partial charge in [0, 0.05) is 13.1 Å². The highest BCUT2D eigenvalue weighted by Gasteiger charge is 2.26. The summed E-state index contributed by atoms with van der Waals surface area (Å²) in [7, 11) is 1.70. The second kappa shape index (κ2) is 7.14. The summed E-state index contributed by atoms with van der Waals surface area (Å²) in [5, 5.41) is 11.5. The smallest absolute Gasteiger partial charge is 0.326 e. The van der Waals surface area contributed by atoms with Crippen LogP contribution in [0, 0.1) is 5.92 Å². The molecule has 0 aliphatic carbocycles. The second-order valence-electron chi connectivity index (χ2n) is 4.59. The first-order chi connectivity index (χ1) is 7.84. The van der Waals surface area contributed by atoms with Gasteiger partial charge in [-0.05, 0) is 18.8 Å². The zero-order chi connectivity index (χ0) is 13.6. The molecule has 0 radical (unpaired) electrons. The fourth-order valence-electron chi connectivity index (χ4n) is 1.75. The topological polar surface area (TPSA) is 69.6 Å². The highest BCUT2D eigenvalue weighted by molar-refractivity contribution is 5.82. The predicted octanol–water partition coefficient (Wildman–Crippen LogP) is 1.93.